The molecule has 6 N–H and O–H groups in total. The van der Waals surface area contributed by atoms with Crippen LogP contribution in [0.5, 0.6) is 0 Å². The third-order valence-corrected chi connectivity index (χ3v) is 8.30. The number of allylic oxidation sites excluding steroid dienone is 2. The monoisotopic (exact) mass is 628 g/mol. The van der Waals surface area contributed by atoms with Crippen molar-refractivity contribution < 1.29 is 44.9 Å². The summed E-state index contributed by atoms with van der Waals surface area (Å²) in [6, 6.07) is 16.1. The Balaban J connectivity index is 1.29. The highest BCUT2D eigenvalue weighted by atomic mass is 17.1. The van der Waals surface area contributed by atoms with Crippen molar-refractivity contribution in [2.24, 2.45) is 11.8 Å². The lowest BCUT2D eigenvalue weighted by molar-refractivity contribution is -0.497. The fourth-order valence-electron chi connectivity index (χ4n) is 5.68. The van der Waals surface area contributed by atoms with Gasteiger partial charge in [-0.1, -0.05) is 66.7 Å². The molecule has 2 aromatic carbocycles. The van der Waals surface area contributed by atoms with Gasteiger partial charge in [0.2, 0.25) is 5.91 Å². The molecular weight excluding hydrogens is 580 g/mol. The van der Waals surface area contributed by atoms with Crippen molar-refractivity contribution in [3.63, 3.8) is 0 Å². The third kappa shape index (κ3) is 13.4. The number of carbonyl (C=O) groups is 2. The summed E-state index contributed by atoms with van der Waals surface area (Å²) < 4.78 is 5.28. The molecule has 0 radical (unpaired) electrons. The van der Waals surface area contributed by atoms with Crippen LogP contribution in [-0.4, -0.2) is 67.4 Å². The molecule has 1 unspecified atom stereocenters. The van der Waals surface area contributed by atoms with E-state index in [1.54, 1.807) is 31.2 Å². The van der Waals surface area contributed by atoms with Crippen LogP contribution < -0.4 is 5.32 Å². The van der Waals surface area contributed by atoms with Crippen molar-refractivity contribution in [1.82, 2.24) is 10.7 Å². The number of ether oxygens (including phenoxy) is 1. The summed E-state index contributed by atoms with van der Waals surface area (Å²) >= 11 is 0. The Hall–Kier alpha value is -3.16. The summed E-state index contributed by atoms with van der Waals surface area (Å²) in [6.45, 7) is 1.55. The number of rotatable bonds is 19. The van der Waals surface area contributed by atoms with Crippen LogP contribution >= 0.6 is 0 Å². The van der Waals surface area contributed by atoms with Gasteiger partial charge < -0.3 is 25.4 Å². The second-order valence-corrected chi connectivity index (χ2v) is 11.8. The number of hydrogen-bond donors (Lipinski definition) is 6. The second-order valence-electron chi connectivity index (χ2n) is 11.8. The molecule has 0 bridgehead atoms. The molecule has 0 saturated heterocycles. The van der Waals surface area contributed by atoms with Crippen molar-refractivity contribution in [2.45, 2.75) is 102 Å². The van der Waals surface area contributed by atoms with E-state index in [1.807, 2.05) is 42.5 Å². The fraction of sp³-hybridized carbons (Fsp3) is 0.529. The largest absolute Gasteiger partial charge is 0.459 e. The van der Waals surface area contributed by atoms with Crippen molar-refractivity contribution in [3.8, 4) is 0 Å². The molecule has 11 nitrogen and oxygen atoms in total. The molecule has 3 rings (SSSR count). The van der Waals surface area contributed by atoms with E-state index in [0.717, 1.165) is 12.0 Å². The number of amides is 1. The summed E-state index contributed by atoms with van der Waals surface area (Å²) in [4.78, 5) is 29.2. The Morgan fingerprint density at radius 3 is 2.29 bits per heavy atom. The molecule has 1 aliphatic rings. The van der Waals surface area contributed by atoms with Gasteiger partial charge in [-0.05, 0) is 86.8 Å². The normalized spacial score (nSPS) is 21.2. The number of nitrogens with one attached hydrogen (secondary N) is 1. The molecule has 0 aromatic heterocycles. The van der Waals surface area contributed by atoms with Crippen molar-refractivity contribution >= 4 is 11.9 Å². The lowest BCUT2D eigenvalue weighted by Gasteiger charge is -2.23. The maximum atomic E-state index is 12.3. The van der Waals surface area contributed by atoms with Crippen molar-refractivity contribution in [2.75, 3.05) is 0 Å². The lowest BCUT2D eigenvalue weighted by atomic mass is 9.85. The standard InChI is InChI=1S/C34H48N2O9/c1-24(34(41)44-22-26-13-15-27(16-14-26)23-45-36(42)43)35-33(40)12-8-3-2-7-11-29-30(32(39)21-31(29)38)20-19-28(37)18-17-25-9-5-4-6-10-25/h2,4-7,9-10,13-16,24,28-32,37-39,42-43H,3,8,11-12,17-23H2,1H3,(H,35,40)/b7-2-/t24?,28-,29+,30+,31-,32+/m0/s1. The van der Waals surface area contributed by atoms with Crippen LogP contribution in [0.2, 0.25) is 0 Å². The number of esters is 1. The van der Waals surface area contributed by atoms with Crippen LogP contribution in [0.15, 0.2) is 66.7 Å². The quantitative estimate of drug-likeness (QED) is 0.0579. The van der Waals surface area contributed by atoms with E-state index >= 15 is 0 Å². The Morgan fingerprint density at radius 1 is 0.933 bits per heavy atom. The summed E-state index contributed by atoms with van der Waals surface area (Å²) in [5.74, 6) is -0.943. The number of unbranched alkanes of at least 4 members (excludes halogenated alkanes) is 1. The Kier molecular flexibility index (Phi) is 15.6. The number of aliphatic hydroxyl groups excluding tert-OH is 3. The van der Waals surface area contributed by atoms with E-state index in [0.29, 0.717) is 50.5 Å². The average molecular weight is 629 g/mol. The minimum absolute atomic E-state index is 0.0273. The minimum Gasteiger partial charge on any atom is -0.459 e. The second kappa shape index (κ2) is 19.4. The fourth-order valence-corrected chi connectivity index (χ4v) is 5.68. The first-order valence-electron chi connectivity index (χ1n) is 15.7. The van der Waals surface area contributed by atoms with Gasteiger partial charge in [0.1, 0.15) is 12.6 Å². The number of carbonyl (C=O) groups excluding carboxylic acids is 2. The van der Waals surface area contributed by atoms with Gasteiger partial charge in [-0.15, -0.1) is 0 Å². The summed E-state index contributed by atoms with van der Waals surface area (Å²) in [7, 11) is 0. The molecule has 45 heavy (non-hydrogen) atoms. The van der Waals surface area contributed by atoms with E-state index in [1.165, 1.54) is 5.56 Å². The first kappa shape index (κ1) is 36.3. The smallest absolute Gasteiger partial charge is 0.328 e. The number of benzene rings is 2. The Morgan fingerprint density at radius 2 is 1.60 bits per heavy atom. The number of aryl methyl sites for hydroxylation is 1. The van der Waals surface area contributed by atoms with Crippen LogP contribution in [0.4, 0.5) is 0 Å². The highest BCUT2D eigenvalue weighted by molar-refractivity contribution is 5.84. The third-order valence-electron chi connectivity index (χ3n) is 8.30. The van der Waals surface area contributed by atoms with Crippen molar-refractivity contribution in [1.29, 1.82) is 0 Å². The molecule has 1 aliphatic carbocycles. The lowest BCUT2D eigenvalue weighted by Crippen LogP contribution is -2.39. The first-order chi connectivity index (χ1) is 21.6. The molecule has 0 spiro atoms. The van der Waals surface area contributed by atoms with Gasteiger partial charge in [-0.3, -0.25) is 15.2 Å². The molecule has 0 aliphatic heterocycles. The molecule has 0 heterocycles. The average Bonchev–Trinajstić information content (AvgIpc) is 3.30. The molecule has 11 heteroatoms. The van der Waals surface area contributed by atoms with E-state index in [-0.39, 0.29) is 42.8 Å². The summed E-state index contributed by atoms with van der Waals surface area (Å²) in [6.07, 6.45) is 7.56. The molecule has 2 aromatic rings. The maximum absolute atomic E-state index is 12.3. The minimum atomic E-state index is -0.801. The number of hydrogen-bond acceptors (Lipinski definition) is 10. The first-order valence-corrected chi connectivity index (χ1v) is 15.7. The van der Waals surface area contributed by atoms with Gasteiger partial charge in [0.25, 0.3) is 0 Å². The Bertz CT molecular complexity index is 1180. The molecule has 1 amide bonds. The molecular formula is C34H48N2O9. The zero-order valence-electron chi connectivity index (χ0n) is 25.9. The van der Waals surface area contributed by atoms with Gasteiger partial charge in [-0.25, -0.2) is 9.63 Å². The summed E-state index contributed by atoms with van der Waals surface area (Å²) in [5.41, 5.74) is 2.61. The molecule has 1 fully saturated rings. The predicted octanol–water partition coefficient (Wildman–Crippen LogP) is 3.99. The van der Waals surface area contributed by atoms with Crippen molar-refractivity contribution in [3.05, 3.63) is 83.4 Å². The van der Waals surface area contributed by atoms with Crippen LogP contribution in [0.1, 0.15) is 75.0 Å². The topological polar surface area (TPSA) is 169 Å². The van der Waals surface area contributed by atoms with Crippen LogP contribution in [-0.2, 0) is 38.8 Å². The number of aliphatic hydroxyl groups is 3. The van der Waals surface area contributed by atoms with E-state index in [2.05, 4.69) is 10.2 Å². The van der Waals surface area contributed by atoms with E-state index in [4.69, 9.17) is 15.2 Å². The SMILES string of the molecule is CC(NC(=O)CCC/C=C\C[C@@H]1[C@@H](CC[C@@H](O)CCc2ccccc2)[C@H](O)C[C@@H]1O)C(=O)OCc1ccc(CON(O)O)cc1. The highest BCUT2D eigenvalue weighted by Crippen LogP contribution is 2.38. The van der Waals surface area contributed by atoms with Crippen LogP contribution in [0, 0.1) is 11.8 Å². The van der Waals surface area contributed by atoms with Gasteiger partial charge >= 0.3 is 5.97 Å². The number of nitrogens with zero attached hydrogens (tertiary/aromatic N) is 1. The van der Waals surface area contributed by atoms with Gasteiger partial charge in [0.15, 0.2) is 0 Å². The molecule has 248 valence electrons. The summed E-state index contributed by atoms with van der Waals surface area (Å²) in [5, 5.41) is 51.0. The zero-order chi connectivity index (χ0) is 32.6. The van der Waals surface area contributed by atoms with Gasteiger partial charge in [0, 0.05) is 6.42 Å². The molecule has 1 saturated carbocycles. The molecule has 6 atom stereocenters. The van der Waals surface area contributed by atoms with Gasteiger partial charge in [0.05, 0.1) is 30.3 Å². The predicted molar refractivity (Wildman–Crippen MR) is 165 cm³/mol. The van der Waals surface area contributed by atoms with E-state index in [9.17, 15) is 24.9 Å². The van der Waals surface area contributed by atoms with E-state index < -0.39 is 30.3 Å². The zero-order valence-corrected chi connectivity index (χ0v) is 25.9. The van der Waals surface area contributed by atoms with Crippen LogP contribution in [0.25, 0.3) is 0 Å². The highest BCUT2D eigenvalue weighted by Gasteiger charge is 2.40. The van der Waals surface area contributed by atoms with Crippen LogP contribution in [0.3, 0.4) is 0 Å². The van der Waals surface area contributed by atoms with Gasteiger partial charge in [-0.2, -0.15) is 0 Å². The maximum Gasteiger partial charge on any atom is 0.328 e. The Labute approximate surface area is 265 Å².